The highest BCUT2D eigenvalue weighted by Crippen LogP contribution is 2.18. The van der Waals surface area contributed by atoms with Gasteiger partial charge in [-0.05, 0) is 26.7 Å². The van der Waals surface area contributed by atoms with Gasteiger partial charge in [0.15, 0.2) is 0 Å². The van der Waals surface area contributed by atoms with Crippen molar-refractivity contribution < 1.29 is 4.79 Å². The van der Waals surface area contributed by atoms with Crippen molar-refractivity contribution in [2.45, 2.75) is 32.7 Å². The minimum Gasteiger partial charge on any atom is -0.370 e. The van der Waals surface area contributed by atoms with Crippen LogP contribution in [-0.2, 0) is 4.79 Å². The van der Waals surface area contributed by atoms with Gasteiger partial charge in [-0.2, -0.15) is 0 Å². The highest BCUT2D eigenvalue weighted by molar-refractivity contribution is 5.81. The number of nitrogens with one attached hydrogen (secondary N) is 3. The van der Waals surface area contributed by atoms with E-state index in [1.165, 1.54) is 0 Å². The maximum Gasteiger partial charge on any atom is 0.239 e. The van der Waals surface area contributed by atoms with E-state index in [9.17, 15) is 4.79 Å². The van der Waals surface area contributed by atoms with Crippen LogP contribution in [0.3, 0.4) is 0 Å². The molecular formula is C12H19N5O. The molecule has 2 rings (SSSR count). The second-order valence-electron chi connectivity index (χ2n) is 4.41. The van der Waals surface area contributed by atoms with Crippen LogP contribution in [0, 0.1) is 6.92 Å². The van der Waals surface area contributed by atoms with Gasteiger partial charge < -0.3 is 16.0 Å². The summed E-state index contributed by atoms with van der Waals surface area (Å²) in [6.07, 6.45) is 2.20. The predicted octanol–water partition coefficient (Wildman–Crippen LogP) is 0.907. The van der Waals surface area contributed by atoms with Gasteiger partial charge in [-0.1, -0.05) is 0 Å². The molecule has 1 heterocycles. The molecule has 1 aromatic rings. The summed E-state index contributed by atoms with van der Waals surface area (Å²) < 4.78 is 0. The number of carbonyl (C=O) groups is 1. The van der Waals surface area contributed by atoms with Crippen LogP contribution in [0.1, 0.15) is 25.6 Å². The van der Waals surface area contributed by atoms with Crippen molar-refractivity contribution in [3.8, 4) is 0 Å². The number of amides is 1. The van der Waals surface area contributed by atoms with Gasteiger partial charge in [0.1, 0.15) is 17.5 Å². The molecule has 0 saturated heterocycles. The van der Waals surface area contributed by atoms with Crippen molar-refractivity contribution in [2.24, 2.45) is 0 Å². The predicted molar refractivity (Wildman–Crippen MR) is 70.6 cm³/mol. The van der Waals surface area contributed by atoms with Gasteiger partial charge in [0, 0.05) is 18.7 Å². The first-order chi connectivity index (χ1) is 8.67. The Kier molecular flexibility index (Phi) is 3.96. The number of nitrogens with zero attached hydrogens (tertiary/aromatic N) is 2. The standard InChI is InChI=1S/C12H19N5O/c1-3-13-10-6-11(16-8(2)15-10)14-7-12(18)17-9-4-5-9/h6,9H,3-5,7H2,1-2H3,(H,17,18)(H2,13,14,15,16). The Bertz CT molecular complexity index is 430. The molecule has 1 amide bonds. The fourth-order valence-corrected chi connectivity index (χ4v) is 1.61. The first-order valence-corrected chi connectivity index (χ1v) is 6.30. The lowest BCUT2D eigenvalue weighted by atomic mass is 10.4. The van der Waals surface area contributed by atoms with E-state index in [1.807, 2.05) is 13.8 Å². The summed E-state index contributed by atoms with van der Waals surface area (Å²) >= 11 is 0. The van der Waals surface area contributed by atoms with Crippen LogP contribution in [0.15, 0.2) is 6.07 Å². The molecule has 0 atom stereocenters. The van der Waals surface area contributed by atoms with Crippen molar-refractivity contribution in [3.63, 3.8) is 0 Å². The summed E-state index contributed by atoms with van der Waals surface area (Å²) in [6.45, 7) is 4.89. The molecule has 3 N–H and O–H groups in total. The van der Waals surface area contributed by atoms with E-state index >= 15 is 0 Å². The highest BCUT2D eigenvalue weighted by Gasteiger charge is 2.22. The van der Waals surface area contributed by atoms with E-state index in [-0.39, 0.29) is 12.5 Å². The minimum absolute atomic E-state index is 0.0127. The van der Waals surface area contributed by atoms with Gasteiger partial charge in [0.2, 0.25) is 5.91 Å². The Morgan fingerprint density at radius 3 is 2.61 bits per heavy atom. The van der Waals surface area contributed by atoms with Crippen molar-refractivity contribution in [2.75, 3.05) is 23.7 Å². The monoisotopic (exact) mass is 249 g/mol. The van der Waals surface area contributed by atoms with Crippen LogP contribution in [0.4, 0.5) is 11.6 Å². The molecule has 98 valence electrons. The van der Waals surface area contributed by atoms with Crippen LogP contribution in [0.2, 0.25) is 0 Å². The van der Waals surface area contributed by atoms with E-state index in [2.05, 4.69) is 25.9 Å². The summed E-state index contributed by atoms with van der Waals surface area (Å²) in [4.78, 5) is 20.0. The van der Waals surface area contributed by atoms with Gasteiger partial charge in [0.05, 0.1) is 6.54 Å². The molecule has 0 spiro atoms. The fourth-order valence-electron chi connectivity index (χ4n) is 1.61. The van der Waals surface area contributed by atoms with Crippen LogP contribution < -0.4 is 16.0 Å². The Hall–Kier alpha value is -1.85. The molecule has 6 heteroatoms. The number of aryl methyl sites for hydroxylation is 1. The zero-order valence-corrected chi connectivity index (χ0v) is 10.8. The molecule has 18 heavy (non-hydrogen) atoms. The van der Waals surface area contributed by atoms with E-state index in [0.717, 1.165) is 25.2 Å². The summed E-state index contributed by atoms with van der Waals surface area (Å²) in [7, 11) is 0. The molecule has 0 aromatic carbocycles. The Morgan fingerprint density at radius 2 is 2.00 bits per heavy atom. The molecular weight excluding hydrogens is 230 g/mol. The van der Waals surface area contributed by atoms with Gasteiger partial charge >= 0.3 is 0 Å². The molecule has 0 radical (unpaired) electrons. The summed E-state index contributed by atoms with van der Waals surface area (Å²) in [5.41, 5.74) is 0. The molecule has 0 bridgehead atoms. The number of carbonyl (C=O) groups excluding carboxylic acids is 1. The van der Waals surface area contributed by atoms with Crippen LogP contribution in [0.25, 0.3) is 0 Å². The van der Waals surface area contributed by atoms with Gasteiger partial charge in [-0.3, -0.25) is 4.79 Å². The van der Waals surface area contributed by atoms with Crippen LogP contribution in [0.5, 0.6) is 0 Å². The van der Waals surface area contributed by atoms with Crippen LogP contribution >= 0.6 is 0 Å². The quantitative estimate of drug-likeness (QED) is 0.698. The van der Waals surface area contributed by atoms with Crippen molar-refractivity contribution in [1.29, 1.82) is 0 Å². The zero-order chi connectivity index (χ0) is 13.0. The number of hydrogen-bond acceptors (Lipinski definition) is 5. The molecule has 1 fully saturated rings. The summed E-state index contributed by atoms with van der Waals surface area (Å²) in [5, 5.41) is 9.06. The fraction of sp³-hybridized carbons (Fsp3) is 0.583. The van der Waals surface area contributed by atoms with Gasteiger partial charge in [0.25, 0.3) is 0 Å². The van der Waals surface area contributed by atoms with E-state index in [4.69, 9.17) is 0 Å². The number of aromatic nitrogens is 2. The lowest BCUT2D eigenvalue weighted by Crippen LogP contribution is -2.31. The second-order valence-corrected chi connectivity index (χ2v) is 4.41. The smallest absolute Gasteiger partial charge is 0.239 e. The number of hydrogen-bond donors (Lipinski definition) is 3. The Balaban J connectivity index is 1.88. The molecule has 0 aliphatic heterocycles. The topological polar surface area (TPSA) is 78.9 Å². The maximum absolute atomic E-state index is 11.5. The first kappa shape index (κ1) is 12.6. The van der Waals surface area contributed by atoms with Crippen LogP contribution in [-0.4, -0.2) is 35.0 Å². The summed E-state index contributed by atoms with van der Waals surface area (Å²) in [5.74, 6) is 2.14. The third kappa shape index (κ3) is 3.87. The van der Waals surface area contributed by atoms with E-state index in [0.29, 0.717) is 17.7 Å². The van der Waals surface area contributed by atoms with Crippen molar-refractivity contribution >= 4 is 17.5 Å². The third-order valence-electron chi connectivity index (χ3n) is 2.57. The molecule has 1 aliphatic rings. The maximum atomic E-state index is 11.5. The number of anilines is 2. The summed E-state index contributed by atoms with van der Waals surface area (Å²) in [6, 6.07) is 2.20. The van der Waals surface area contributed by atoms with Crippen molar-refractivity contribution in [1.82, 2.24) is 15.3 Å². The molecule has 6 nitrogen and oxygen atoms in total. The normalized spacial score (nSPS) is 14.1. The molecule has 0 unspecified atom stereocenters. The Labute approximate surface area is 107 Å². The van der Waals surface area contributed by atoms with Gasteiger partial charge in [-0.15, -0.1) is 0 Å². The molecule has 1 aliphatic carbocycles. The first-order valence-electron chi connectivity index (χ1n) is 6.30. The lowest BCUT2D eigenvalue weighted by molar-refractivity contribution is -0.119. The van der Waals surface area contributed by atoms with Crippen molar-refractivity contribution in [3.05, 3.63) is 11.9 Å². The highest BCUT2D eigenvalue weighted by atomic mass is 16.2. The van der Waals surface area contributed by atoms with E-state index < -0.39 is 0 Å². The Morgan fingerprint density at radius 1 is 1.33 bits per heavy atom. The molecule has 1 saturated carbocycles. The average molecular weight is 249 g/mol. The third-order valence-corrected chi connectivity index (χ3v) is 2.57. The zero-order valence-electron chi connectivity index (χ0n) is 10.8. The van der Waals surface area contributed by atoms with Gasteiger partial charge in [-0.25, -0.2) is 9.97 Å². The molecule has 1 aromatic heterocycles. The minimum atomic E-state index is 0.0127. The SMILES string of the molecule is CCNc1cc(NCC(=O)NC2CC2)nc(C)n1. The average Bonchev–Trinajstić information content (AvgIpc) is 3.10. The second kappa shape index (κ2) is 5.66. The lowest BCUT2D eigenvalue weighted by Gasteiger charge is -2.09. The van der Waals surface area contributed by atoms with E-state index in [1.54, 1.807) is 6.07 Å². The largest absolute Gasteiger partial charge is 0.370 e. The number of rotatable bonds is 6.